The van der Waals surface area contributed by atoms with E-state index in [0.717, 1.165) is 39.1 Å². The monoisotopic (exact) mass is 276 g/mol. The molecule has 0 unspecified atom stereocenters. The van der Waals surface area contributed by atoms with Crippen LogP contribution in [0.1, 0.15) is 26.7 Å². The quantitative estimate of drug-likeness (QED) is 0.754. The van der Waals surface area contributed by atoms with Gasteiger partial charge in [-0.05, 0) is 26.7 Å². The van der Waals surface area contributed by atoms with E-state index in [1.54, 1.807) is 18.2 Å². The van der Waals surface area contributed by atoms with Gasteiger partial charge < -0.3 is 4.74 Å². The summed E-state index contributed by atoms with van der Waals surface area (Å²) < 4.78 is 31.1. The van der Waals surface area contributed by atoms with Crippen LogP contribution >= 0.6 is 0 Å². The van der Waals surface area contributed by atoms with Gasteiger partial charge in [0, 0.05) is 32.2 Å². The van der Waals surface area contributed by atoms with E-state index in [1.807, 2.05) is 0 Å². The van der Waals surface area contributed by atoms with Crippen LogP contribution in [-0.4, -0.2) is 68.3 Å². The van der Waals surface area contributed by atoms with Crippen LogP contribution in [0.2, 0.25) is 0 Å². The molecule has 0 N–H and O–H groups in total. The first kappa shape index (κ1) is 14.2. The highest BCUT2D eigenvalue weighted by atomic mass is 32.2. The van der Waals surface area contributed by atoms with Crippen LogP contribution in [-0.2, 0) is 14.8 Å². The summed E-state index contributed by atoms with van der Waals surface area (Å²) in [6.45, 7) is 8.44. The average molecular weight is 276 g/mol. The number of rotatable bonds is 3. The van der Waals surface area contributed by atoms with Crippen molar-refractivity contribution in [3.05, 3.63) is 0 Å². The van der Waals surface area contributed by atoms with Crippen molar-refractivity contribution >= 4 is 10.0 Å². The number of nitrogens with zero attached hydrogens (tertiary/aromatic N) is 2. The number of hydrogen-bond acceptors (Lipinski definition) is 4. The van der Waals surface area contributed by atoms with Crippen molar-refractivity contribution in [3.8, 4) is 0 Å². The second-order valence-corrected chi connectivity index (χ2v) is 7.86. The lowest BCUT2D eigenvalue weighted by Crippen LogP contribution is -2.50. The van der Waals surface area contributed by atoms with Crippen LogP contribution in [0.5, 0.6) is 0 Å². The molecule has 0 aliphatic carbocycles. The fourth-order valence-electron chi connectivity index (χ4n) is 2.70. The highest BCUT2D eigenvalue weighted by Crippen LogP contribution is 2.21. The third kappa shape index (κ3) is 3.04. The summed E-state index contributed by atoms with van der Waals surface area (Å²) in [6.07, 6.45) is 1.90. The standard InChI is InChI=1S/C12H24N2O3S/c1-11(2)18(15,16)14-5-3-12(4-6-14)13-7-9-17-10-8-13/h11-12H,3-10H2,1-2H3. The lowest BCUT2D eigenvalue weighted by atomic mass is 10.0. The van der Waals surface area contributed by atoms with Crippen molar-refractivity contribution < 1.29 is 13.2 Å². The Labute approximate surface area is 110 Å². The van der Waals surface area contributed by atoms with Gasteiger partial charge in [-0.1, -0.05) is 0 Å². The fraction of sp³-hybridized carbons (Fsp3) is 1.00. The van der Waals surface area contributed by atoms with Gasteiger partial charge in [-0.3, -0.25) is 4.90 Å². The lowest BCUT2D eigenvalue weighted by molar-refractivity contribution is 0.00607. The van der Waals surface area contributed by atoms with Gasteiger partial charge in [-0.25, -0.2) is 12.7 Å². The topological polar surface area (TPSA) is 49.9 Å². The van der Waals surface area contributed by atoms with Crippen molar-refractivity contribution in [2.75, 3.05) is 39.4 Å². The molecule has 0 aromatic heterocycles. The molecule has 0 spiro atoms. The number of morpholine rings is 1. The van der Waals surface area contributed by atoms with Crippen LogP contribution in [0.3, 0.4) is 0 Å². The zero-order chi connectivity index (χ0) is 13.2. The van der Waals surface area contributed by atoms with Crippen LogP contribution < -0.4 is 0 Å². The van der Waals surface area contributed by atoms with E-state index in [4.69, 9.17) is 4.74 Å². The Hall–Kier alpha value is -0.170. The highest BCUT2D eigenvalue weighted by Gasteiger charge is 2.32. The van der Waals surface area contributed by atoms with Gasteiger partial charge in [0.2, 0.25) is 10.0 Å². The molecule has 2 saturated heterocycles. The van der Waals surface area contributed by atoms with Gasteiger partial charge in [0.15, 0.2) is 0 Å². The number of sulfonamides is 1. The summed E-state index contributed by atoms with van der Waals surface area (Å²) in [4.78, 5) is 2.45. The zero-order valence-electron chi connectivity index (χ0n) is 11.3. The maximum atomic E-state index is 12.1. The van der Waals surface area contributed by atoms with Gasteiger partial charge in [-0.2, -0.15) is 0 Å². The molecule has 2 heterocycles. The molecule has 0 bridgehead atoms. The smallest absolute Gasteiger partial charge is 0.216 e. The van der Waals surface area contributed by atoms with Crippen molar-refractivity contribution in [1.29, 1.82) is 0 Å². The Kier molecular flexibility index (Phi) is 4.64. The first-order valence-electron chi connectivity index (χ1n) is 6.82. The van der Waals surface area contributed by atoms with Crippen molar-refractivity contribution in [2.24, 2.45) is 0 Å². The van der Waals surface area contributed by atoms with E-state index in [2.05, 4.69) is 4.90 Å². The molecule has 106 valence electrons. The summed E-state index contributed by atoms with van der Waals surface area (Å²) >= 11 is 0. The molecule has 0 saturated carbocycles. The molecule has 2 aliphatic rings. The normalized spacial score (nSPS) is 25.7. The predicted molar refractivity (Wildman–Crippen MR) is 71.0 cm³/mol. The van der Waals surface area contributed by atoms with E-state index < -0.39 is 10.0 Å². The molecule has 18 heavy (non-hydrogen) atoms. The van der Waals surface area contributed by atoms with E-state index >= 15 is 0 Å². The van der Waals surface area contributed by atoms with Crippen LogP contribution in [0.15, 0.2) is 0 Å². The molecule has 0 aromatic rings. The average Bonchev–Trinajstić information content (AvgIpc) is 2.40. The molecule has 0 radical (unpaired) electrons. The molecule has 0 amide bonds. The van der Waals surface area contributed by atoms with Gasteiger partial charge in [-0.15, -0.1) is 0 Å². The maximum Gasteiger partial charge on any atom is 0.216 e. The van der Waals surface area contributed by atoms with Gasteiger partial charge in [0.25, 0.3) is 0 Å². The van der Waals surface area contributed by atoms with Crippen molar-refractivity contribution in [3.63, 3.8) is 0 Å². The minimum atomic E-state index is -3.06. The number of piperidine rings is 1. The Morgan fingerprint density at radius 2 is 1.61 bits per heavy atom. The van der Waals surface area contributed by atoms with Crippen LogP contribution in [0, 0.1) is 0 Å². The van der Waals surface area contributed by atoms with Crippen molar-refractivity contribution in [1.82, 2.24) is 9.21 Å². The van der Waals surface area contributed by atoms with E-state index in [-0.39, 0.29) is 5.25 Å². The third-order valence-electron chi connectivity index (χ3n) is 3.94. The molecule has 0 atom stereocenters. The minimum Gasteiger partial charge on any atom is -0.379 e. The van der Waals surface area contributed by atoms with Gasteiger partial charge in [0.1, 0.15) is 0 Å². The second-order valence-electron chi connectivity index (χ2n) is 5.37. The lowest BCUT2D eigenvalue weighted by Gasteiger charge is -2.40. The Morgan fingerprint density at radius 1 is 1.06 bits per heavy atom. The fourth-order valence-corrected chi connectivity index (χ4v) is 4.02. The molecule has 2 fully saturated rings. The largest absolute Gasteiger partial charge is 0.379 e. The van der Waals surface area contributed by atoms with Crippen molar-refractivity contribution in [2.45, 2.75) is 38.0 Å². The van der Waals surface area contributed by atoms with Crippen LogP contribution in [0.4, 0.5) is 0 Å². The third-order valence-corrected chi connectivity index (χ3v) is 6.22. The molecule has 6 heteroatoms. The predicted octanol–water partition coefficient (Wildman–Crippen LogP) is 0.521. The highest BCUT2D eigenvalue weighted by molar-refractivity contribution is 7.89. The minimum absolute atomic E-state index is 0.308. The SMILES string of the molecule is CC(C)S(=O)(=O)N1CCC(N2CCOCC2)CC1. The summed E-state index contributed by atoms with van der Waals surface area (Å²) in [5, 5.41) is -0.308. The number of ether oxygens (including phenoxy) is 1. The maximum absolute atomic E-state index is 12.1. The Balaban J connectivity index is 1.88. The Bertz CT molecular complexity index is 356. The molecular weight excluding hydrogens is 252 g/mol. The molecular formula is C12H24N2O3S. The Morgan fingerprint density at radius 3 is 2.11 bits per heavy atom. The molecule has 2 rings (SSSR count). The van der Waals surface area contributed by atoms with E-state index in [9.17, 15) is 8.42 Å². The molecule has 5 nitrogen and oxygen atoms in total. The summed E-state index contributed by atoms with van der Waals surface area (Å²) in [5.41, 5.74) is 0. The van der Waals surface area contributed by atoms with Gasteiger partial charge >= 0.3 is 0 Å². The van der Waals surface area contributed by atoms with E-state index in [1.165, 1.54) is 0 Å². The second kappa shape index (κ2) is 5.86. The molecule has 2 aliphatic heterocycles. The van der Waals surface area contributed by atoms with Gasteiger partial charge in [0.05, 0.1) is 18.5 Å². The van der Waals surface area contributed by atoms with E-state index in [0.29, 0.717) is 19.1 Å². The summed E-state index contributed by atoms with van der Waals surface area (Å²) in [6, 6.07) is 0.535. The van der Waals surface area contributed by atoms with Crippen LogP contribution in [0.25, 0.3) is 0 Å². The number of hydrogen-bond donors (Lipinski definition) is 0. The zero-order valence-corrected chi connectivity index (χ0v) is 12.2. The summed E-state index contributed by atoms with van der Waals surface area (Å²) in [7, 11) is -3.06. The first-order chi connectivity index (χ1) is 8.51. The summed E-state index contributed by atoms with van der Waals surface area (Å²) in [5.74, 6) is 0. The molecule has 0 aromatic carbocycles. The first-order valence-corrected chi connectivity index (χ1v) is 8.33.